The lowest BCUT2D eigenvalue weighted by Crippen LogP contribution is -1.94. The molecule has 1 atom stereocenters. The summed E-state index contributed by atoms with van der Waals surface area (Å²) in [6, 6.07) is 6.79. The topological polar surface area (TPSA) is 0 Å². The number of rotatable bonds is 1. The van der Waals surface area contributed by atoms with Gasteiger partial charge in [-0.2, -0.15) is 0 Å². The summed E-state index contributed by atoms with van der Waals surface area (Å²) in [5.41, 5.74) is 5.83. The van der Waals surface area contributed by atoms with Crippen molar-refractivity contribution < 1.29 is 0 Å². The van der Waals surface area contributed by atoms with Crippen LogP contribution in [0.5, 0.6) is 0 Å². The van der Waals surface area contributed by atoms with Crippen LogP contribution in [0, 0.1) is 6.92 Å². The molecule has 0 amide bonds. The lowest BCUT2D eigenvalue weighted by atomic mass is 9.93. The Morgan fingerprint density at radius 3 is 2.69 bits per heavy atom. The van der Waals surface area contributed by atoms with Crippen LogP contribution in [0.2, 0.25) is 0 Å². The van der Waals surface area contributed by atoms with E-state index in [2.05, 4.69) is 45.0 Å². The average molecular weight is 172 g/mol. The number of hydrogen-bond donors (Lipinski definition) is 0. The Kier molecular flexibility index (Phi) is 1.99. The highest BCUT2D eigenvalue weighted by Crippen LogP contribution is 2.38. The molecular formula is C13H16. The molecule has 0 saturated carbocycles. The molecule has 1 aliphatic rings. The van der Waals surface area contributed by atoms with Gasteiger partial charge >= 0.3 is 0 Å². The molecule has 0 bridgehead atoms. The van der Waals surface area contributed by atoms with Crippen molar-refractivity contribution in [3.05, 3.63) is 40.5 Å². The lowest BCUT2D eigenvalue weighted by Gasteiger charge is -2.11. The third kappa shape index (κ3) is 1.31. The van der Waals surface area contributed by atoms with Gasteiger partial charge in [-0.15, -0.1) is 0 Å². The first kappa shape index (κ1) is 8.55. The summed E-state index contributed by atoms with van der Waals surface area (Å²) in [6.45, 7) is 6.66. The van der Waals surface area contributed by atoms with Crippen LogP contribution in [0.4, 0.5) is 0 Å². The molecule has 0 saturated heterocycles. The molecule has 1 aromatic rings. The molecule has 1 aromatic carbocycles. The van der Waals surface area contributed by atoms with Gasteiger partial charge in [0.15, 0.2) is 0 Å². The smallest absolute Gasteiger partial charge is 0.00520 e. The quantitative estimate of drug-likeness (QED) is 0.602. The third-order valence-electron chi connectivity index (χ3n) is 2.96. The molecule has 0 nitrogen and oxygen atoms in total. The predicted molar refractivity (Wildman–Crippen MR) is 57.9 cm³/mol. The number of aryl methyl sites for hydroxylation is 1. The van der Waals surface area contributed by atoms with Gasteiger partial charge in [0.25, 0.3) is 0 Å². The minimum absolute atomic E-state index is 0.676. The summed E-state index contributed by atoms with van der Waals surface area (Å²) in [7, 11) is 0. The number of allylic oxidation sites excluding steroid dienone is 1. The van der Waals surface area contributed by atoms with E-state index in [-0.39, 0.29) is 0 Å². The Morgan fingerprint density at radius 2 is 2.00 bits per heavy atom. The first-order valence-electron chi connectivity index (χ1n) is 5.01. The molecule has 13 heavy (non-hydrogen) atoms. The standard InChI is InChI=1S/C13H16/c1-4-12-10(3)8-11-7-9(2)5-6-13(11)12/h5-8,12H,4H2,1-3H3. The van der Waals surface area contributed by atoms with Crippen molar-refractivity contribution in [1.82, 2.24) is 0 Å². The summed E-state index contributed by atoms with van der Waals surface area (Å²) in [6.07, 6.45) is 3.55. The third-order valence-corrected chi connectivity index (χ3v) is 2.96. The van der Waals surface area contributed by atoms with Gasteiger partial charge in [-0.1, -0.05) is 42.3 Å². The van der Waals surface area contributed by atoms with Crippen molar-refractivity contribution in [2.75, 3.05) is 0 Å². The van der Waals surface area contributed by atoms with E-state index in [1.807, 2.05) is 0 Å². The molecule has 0 aromatic heterocycles. The summed E-state index contributed by atoms with van der Waals surface area (Å²) >= 11 is 0. The Labute approximate surface area is 80.3 Å². The predicted octanol–water partition coefficient (Wildman–Crippen LogP) is 3.91. The van der Waals surface area contributed by atoms with Crippen LogP contribution >= 0.6 is 0 Å². The molecule has 0 radical (unpaired) electrons. The minimum Gasteiger partial charge on any atom is -0.0652 e. The Hall–Kier alpha value is -1.04. The van der Waals surface area contributed by atoms with Gasteiger partial charge in [0, 0.05) is 5.92 Å². The summed E-state index contributed by atoms with van der Waals surface area (Å²) in [5.74, 6) is 0.676. The molecule has 1 aliphatic carbocycles. The van der Waals surface area contributed by atoms with E-state index in [1.54, 1.807) is 0 Å². The zero-order valence-corrected chi connectivity index (χ0v) is 8.59. The first-order valence-corrected chi connectivity index (χ1v) is 5.01. The van der Waals surface area contributed by atoms with Crippen LogP contribution in [-0.2, 0) is 0 Å². The van der Waals surface area contributed by atoms with E-state index >= 15 is 0 Å². The molecule has 0 heteroatoms. The van der Waals surface area contributed by atoms with Crippen molar-refractivity contribution >= 4 is 6.08 Å². The van der Waals surface area contributed by atoms with Gasteiger partial charge in [-0.25, -0.2) is 0 Å². The van der Waals surface area contributed by atoms with Gasteiger partial charge < -0.3 is 0 Å². The Balaban J connectivity index is 2.51. The minimum atomic E-state index is 0.676. The van der Waals surface area contributed by atoms with Crippen LogP contribution < -0.4 is 0 Å². The highest BCUT2D eigenvalue weighted by molar-refractivity contribution is 5.66. The zero-order valence-electron chi connectivity index (χ0n) is 8.59. The zero-order chi connectivity index (χ0) is 9.42. The number of fused-ring (bicyclic) bond motifs is 1. The van der Waals surface area contributed by atoms with E-state index < -0.39 is 0 Å². The monoisotopic (exact) mass is 172 g/mol. The first-order chi connectivity index (χ1) is 6.22. The largest absolute Gasteiger partial charge is 0.0652 e. The number of hydrogen-bond acceptors (Lipinski definition) is 0. The maximum atomic E-state index is 2.33. The molecular weight excluding hydrogens is 156 g/mol. The highest BCUT2D eigenvalue weighted by Gasteiger charge is 2.19. The van der Waals surface area contributed by atoms with Gasteiger partial charge in [0.2, 0.25) is 0 Å². The van der Waals surface area contributed by atoms with Crippen molar-refractivity contribution in [3.8, 4) is 0 Å². The van der Waals surface area contributed by atoms with Gasteiger partial charge in [-0.05, 0) is 31.4 Å². The Bertz CT molecular complexity index is 358. The summed E-state index contributed by atoms with van der Waals surface area (Å²) in [5, 5.41) is 0. The lowest BCUT2D eigenvalue weighted by molar-refractivity contribution is 0.776. The fraction of sp³-hybridized carbons (Fsp3) is 0.385. The molecule has 0 aliphatic heterocycles. The van der Waals surface area contributed by atoms with E-state index in [0.717, 1.165) is 0 Å². The van der Waals surface area contributed by atoms with E-state index in [9.17, 15) is 0 Å². The highest BCUT2D eigenvalue weighted by atomic mass is 14.2. The van der Waals surface area contributed by atoms with Crippen LogP contribution in [0.25, 0.3) is 6.08 Å². The van der Waals surface area contributed by atoms with Gasteiger partial charge in [-0.3, -0.25) is 0 Å². The van der Waals surface area contributed by atoms with Crippen LogP contribution in [0.3, 0.4) is 0 Å². The molecule has 68 valence electrons. The van der Waals surface area contributed by atoms with Crippen molar-refractivity contribution in [2.45, 2.75) is 33.1 Å². The maximum absolute atomic E-state index is 2.33. The Morgan fingerprint density at radius 1 is 1.23 bits per heavy atom. The van der Waals surface area contributed by atoms with Gasteiger partial charge in [0.05, 0.1) is 0 Å². The maximum Gasteiger partial charge on any atom is 0.00520 e. The second-order valence-electron chi connectivity index (χ2n) is 3.98. The fourth-order valence-electron chi connectivity index (χ4n) is 2.27. The second kappa shape index (κ2) is 3.02. The SMILES string of the molecule is CCC1C(C)=Cc2cc(C)ccc21. The molecule has 0 spiro atoms. The van der Waals surface area contributed by atoms with Crippen molar-refractivity contribution in [1.29, 1.82) is 0 Å². The normalized spacial score (nSPS) is 19.9. The molecule has 0 N–H and O–H groups in total. The van der Waals surface area contributed by atoms with E-state index in [4.69, 9.17) is 0 Å². The van der Waals surface area contributed by atoms with Crippen LogP contribution in [0.1, 0.15) is 42.9 Å². The summed E-state index contributed by atoms with van der Waals surface area (Å²) < 4.78 is 0. The van der Waals surface area contributed by atoms with E-state index in [1.165, 1.54) is 28.7 Å². The van der Waals surface area contributed by atoms with Crippen LogP contribution in [-0.4, -0.2) is 0 Å². The van der Waals surface area contributed by atoms with Gasteiger partial charge in [0.1, 0.15) is 0 Å². The second-order valence-corrected chi connectivity index (χ2v) is 3.98. The number of benzene rings is 1. The summed E-state index contributed by atoms with van der Waals surface area (Å²) in [4.78, 5) is 0. The molecule has 0 heterocycles. The molecule has 2 rings (SSSR count). The molecule has 1 unspecified atom stereocenters. The van der Waals surface area contributed by atoms with Crippen molar-refractivity contribution in [2.24, 2.45) is 0 Å². The van der Waals surface area contributed by atoms with Crippen molar-refractivity contribution in [3.63, 3.8) is 0 Å². The average Bonchev–Trinajstić information content (AvgIpc) is 2.39. The van der Waals surface area contributed by atoms with Crippen LogP contribution in [0.15, 0.2) is 23.8 Å². The van der Waals surface area contributed by atoms with E-state index in [0.29, 0.717) is 5.92 Å². The molecule has 0 fully saturated rings. The fourth-order valence-corrected chi connectivity index (χ4v) is 2.27.